The van der Waals surface area contributed by atoms with E-state index in [-0.39, 0.29) is 16.6 Å². The van der Waals surface area contributed by atoms with E-state index in [1.165, 1.54) is 0 Å². The third-order valence-corrected chi connectivity index (χ3v) is 6.87. The summed E-state index contributed by atoms with van der Waals surface area (Å²) >= 11 is 1.69. The van der Waals surface area contributed by atoms with Crippen LogP contribution in [0.4, 0.5) is 5.95 Å². The van der Waals surface area contributed by atoms with E-state index in [4.69, 9.17) is 15.7 Å². The van der Waals surface area contributed by atoms with E-state index in [1.807, 2.05) is 56.5 Å². The molecule has 3 aromatic heterocycles. The highest BCUT2D eigenvalue weighted by molar-refractivity contribution is 7.18. The molecule has 0 aromatic carbocycles. The van der Waals surface area contributed by atoms with E-state index < -0.39 is 0 Å². The molecule has 4 N–H and O–H groups in total. The minimum atomic E-state index is -0.369. The fraction of sp³-hybridized carbons (Fsp3) is 0.444. The van der Waals surface area contributed by atoms with Gasteiger partial charge in [-0.15, -0.1) is 11.3 Å². The van der Waals surface area contributed by atoms with Gasteiger partial charge in [0.25, 0.3) is 0 Å². The zero-order valence-electron chi connectivity index (χ0n) is 21.0. The van der Waals surface area contributed by atoms with Gasteiger partial charge in [-0.25, -0.2) is 15.0 Å². The van der Waals surface area contributed by atoms with Gasteiger partial charge in [0.1, 0.15) is 0 Å². The molecule has 0 radical (unpaired) electrons. The van der Waals surface area contributed by atoms with Crippen molar-refractivity contribution in [1.82, 2.24) is 20.3 Å². The molecule has 0 saturated carbocycles. The minimum absolute atomic E-state index is 0.0658. The van der Waals surface area contributed by atoms with Gasteiger partial charge in [-0.3, -0.25) is 0 Å². The molecule has 3 aromatic rings. The standard InChI is InChI=1S/C27H36N6S/c1-25(2,28)14-12-18-8-7-9-20(30-18)22-10-11-23(34-22)21-13-15-29-24(32-21)31-19-16-26(3,4)33-27(5,6)17-19/h7-15,19,33H,16-17,28H2,1-6H3,(H,29,31,32)/b14-12+. The molecule has 180 valence electrons. The zero-order valence-corrected chi connectivity index (χ0v) is 21.8. The molecule has 0 atom stereocenters. The number of pyridine rings is 1. The summed E-state index contributed by atoms with van der Waals surface area (Å²) in [6.45, 7) is 12.9. The fourth-order valence-electron chi connectivity index (χ4n) is 4.77. The molecule has 0 bridgehead atoms. The Balaban J connectivity index is 1.52. The summed E-state index contributed by atoms with van der Waals surface area (Å²) in [5.41, 5.74) is 8.59. The second kappa shape index (κ2) is 9.21. The predicted molar refractivity (Wildman–Crippen MR) is 144 cm³/mol. The van der Waals surface area contributed by atoms with E-state index in [0.29, 0.717) is 12.0 Å². The summed E-state index contributed by atoms with van der Waals surface area (Å²) in [4.78, 5) is 16.3. The van der Waals surface area contributed by atoms with Gasteiger partial charge in [0.05, 0.1) is 26.8 Å². The van der Waals surface area contributed by atoms with E-state index in [0.717, 1.165) is 39.7 Å². The van der Waals surface area contributed by atoms with Crippen LogP contribution in [0.1, 0.15) is 60.1 Å². The second-order valence-corrected chi connectivity index (χ2v) is 12.3. The van der Waals surface area contributed by atoms with Crippen LogP contribution in [-0.2, 0) is 0 Å². The smallest absolute Gasteiger partial charge is 0.223 e. The van der Waals surface area contributed by atoms with Crippen LogP contribution in [0, 0.1) is 0 Å². The molecule has 4 heterocycles. The molecule has 1 aliphatic rings. The van der Waals surface area contributed by atoms with Crippen molar-refractivity contribution in [3.8, 4) is 21.1 Å². The number of aromatic nitrogens is 3. The molecular formula is C27H36N6S. The summed E-state index contributed by atoms with van der Waals surface area (Å²) in [6, 6.07) is 12.6. The number of nitrogens with two attached hydrogens (primary N) is 1. The first-order valence-electron chi connectivity index (χ1n) is 11.8. The normalized spacial score (nSPS) is 18.3. The molecule has 7 heteroatoms. The number of hydrogen-bond acceptors (Lipinski definition) is 7. The number of nitrogens with zero attached hydrogens (tertiary/aromatic N) is 3. The highest BCUT2D eigenvalue weighted by atomic mass is 32.1. The molecule has 34 heavy (non-hydrogen) atoms. The quantitative estimate of drug-likeness (QED) is 0.420. The van der Waals surface area contributed by atoms with Gasteiger partial charge in [0, 0.05) is 28.9 Å². The van der Waals surface area contributed by atoms with Gasteiger partial charge < -0.3 is 16.4 Å². The molecule has 1 saturated heterocycles. The molecular weight excluding hydrogens is 440 g/mol. The van der Waals surface area contributed by atoms with Gasteiger partial charge >= 0.3 is 0 Å². The van der Waals surface area contributed by atoms with Crippen molar-refractivity contribution in [3.05, 3.63) is 54.4 Å². The number of nitrogens with one attached hydrogen (secondary N) is 2. The average molecular weight is 477 g/mol. The van der Waals surface area contributed by atoms with Crippen molar-refractivity contribution < 1.29 is 0 Å². The maximum atomic E-state index is 6.06. The Labute approximate surface area is 207 Å². The lowest BCUT2D eigenvalue weighted by atomic mass is 9.80. The van der Waals surface area contributed by atoms with Gasteiger partial charge in [-0.1, -0.05) is 12.1 Å². The number of anilines is 1. The van der Waals surface area contributed by atoms with Crippen molar-refractivity contribution in [1.29, 1.82) is 0 Å². The van der Waals surface area contributed by atoms with Crippen molar-refractivity contribution in [2.75, 3.05) is 5.32 Å². The highest BCUT2D eigenvalue weighted by Gasteiger charge is 2.37. The Hall–Kier alpha value is -2.61. The SMILES string of the molecule is CC(C)(N)/C=C/c1cccc(-c2ccc(-c3ccnc(NC4CC(C)(C)NC(C)(C)C4)n3)s2)n1. The van der Waals surface area contributed by atoms with E-state index in [9.17, 15) is 0 Å². The topological polar surface area (TPSA) is 88.8 Å². The summed E-state index contributed by atoms with van der Waals surface area (Å²) in [6.07, 6.45) is 7.82. The summed E-state index contributed by atoms with van der Waals surface area (Å²) in [5.74, 6) is 0.681. The van der Waals surface area contributed by atoms with E-state index in [2.05, 4.69) is 55.4 Å². The number of thiophene rings is 1. The Morgan fingerprint density at radius 2 is 1.65 bits per heavy atom. The first-order chi connectivity index (χ1) is 15.9. The Kier molecular flexibility index (Phi) is 6.64. The average Bonchev–Trinajstić information content (AvgIpc) is 3.20. The predicted octanol–water partition coefficient (Wildman–Crippen LogP) is 5.74. The van der Waals surface area contributed by atoms with Crippen LogP contribution in [0.15, 0.2) is 48.7 Å². The maximum absolute atomic E-state index is 6.06. The molecule has 1 fully saturated rings. The van der Waals surface area contributed by atoms with Crippen LogP contribution in [-0.4, -0.2) is 37.6 Å². The van der Waals surface area contributed by atoms with E-state index in [1.54, 1.807) is 11.3 Å². The third-order valence-electron chi connectivity index (χ3n) is 5.74. The first-order valence-corrected chi connectivity index (χ1v) is 12.6. The summed E-state index contributed by atoms with van der Waals surface area (Å²) in [7, 11) is 0. The Morgan fingerprint density at radius 3 is 2.29 bits per heavy atom. The minimum Gasteiger partial charge on any atom is -0.351 e. The third kappa shape index (κ3) is 6.50. The van der Waals surface area contributed by atoms with Crippen LogP contribution >= 0.6 is 11.3 Å². The molecule has 6 nitrogen and oxygen atoms in total. The van der Waals surface area contributed by atoms with Crippen LogP contribution < -0.4 is 16.4 Å². The maximum Gasteiger partial charge on any atom is 0.223 e. The Morgan fingerprint density at radius 1 is 1.00 bits per heavy atom. The van der Waals surface area contributed by atoms with Crippen molar-refractivity contribution in [3.63, 3.8) is 0 Å². The van der Waals surface area contributed by atoms with Gasteiger partial charge in [-0.2, -0.15) is 0 Å². The summed E-state index contributed by atoms with van der Waals surface area (Å²) in [5, 5.41) is 7.31. The van der Waals surface area contributed by atoms with Crippen molar-refractivity contribution in [2.24, 2.45) is 5.73 Å². The van der Waals surface area contributed by atoms with Crippen molar-refractivity contribution in [2.45, 2.75) is 77.0 Å². The molecule has 0 spiro atoms. The van der Waals surface area contributed by atoms with Crippen LogP contribution in [0.25, 0.3) is 27.2 Å². The monoisotopic (exact) mass is 476 g/mol. The lowest BCUT2D eigenvalue weighted by molar-refractivity contribution is 0.170. The van der Waals surface area contributed by atoms with Crippen LogP contribution in [0.2, 0.25) is 0 Å². The zero-order chi connectivity index (χ0) is 24.6. The van der Waals surface area contributed by atoms with Gasteiger partial charge in [0.2, 0.25) is 5.95 Å². The lowest BCUT2D eigenvalue weighted by Gasteiger charge is -2.46. The second-order valence-electron chi connectivity index (χ2n) is 11.2. The molecule has 0 amide bonds. The lowest BCUT2D eigenvalue weighted by Crippen LogP contribution is -2.60. The Bertz CT molecular complexity index is 1160. The fourth-order valence-corrected chi connectivity index (χ4v) is 5.71. The summed E-state index contributed by atoms with van der Waals surface area (Å²) < 4.78 is 0. The molecule has 0 unspecified atom stereocenters. The van der Waals surface area contributed by atoms with Crippen LogP contribution in [0.5, 0.6) is 0 Å². The van der Waals surface area contributed by atoms with E-state index >= 15 is 0 Å². The highest BCUT2D eigenvalue weighted by Crippen LogP contribution is 2.34. The largest absolute Gasteiger partial charge is 0.351 e. The van der Waals surface area contributed by atoms with Crippen LogP contribution in [0.3, 0.4) is 0 Å². The first kappa shape index (κ1) is 24.5. The van der Waals surface area contributed by atoms with Gasteiger partial charge in [-0.05, 0) is 90.8 Å². The number of piperidine rings is 1. The molecule has 0 aliphatic carbocycles. The molecule has 4 rings (SSSR count). The number of rotatable bonds is 6. The van der Waals surface area contributed by atoms with Crippen molar-refractivity contribution >= 4 is 23.4 Å². The number of hydrogen-bond donors (Lipinski definition) is 3. The van der Waals surface area contributed by atoms with Gasteiger partial charge in [0.15, 0.2) is 0 Å². The molecule has 1 aliphatic heterocycles.